The van der Waals surface area contributed by atoms with Crippen molar-refractivity contribution in [1.29, 1.82) is 0 Å². The predicted octanol–water partition coefficient (Wildman–Crippen LogP) is 1.98. The van der Waals surface area contributed by atoms with Gasteiger partial charge >= 0.3 is 0 Å². The second-order valence-electron chi connectivity index (χ2n) is 4.53. The molecule has 3 N–H and O–H groups in total. The van der Waals surface area contributed by atoms with Gasteiger partial charge in [-0.25, -0.2) is 9.37 Å². The Morgan fingerprint density at radius 3 is 2.60 bits per heavy atom. The third-order valence-corrected chi connectivity index (χ3v) is 2.99. The minimum absolute atomic E-state index is 0.295. The normalized spacial score (nSPS) is 11.8. The van der Waals surface area contributed by atoms with Crippen molar-refractivity contribution in [2.75, 3.05) is 11.9 Å². The summed E-state index contributed by atoms with van der Waals surface area (Å²) in [6.45, 7) is 0.393. The predicted molar refractivity (Wildman–Crippen MR) is 75.5 cm³/mol. The Morgan fingerprint density at radius 1 is 1.25 bits per heavy atom. The Kier molecular flexibility index (Phi) is 4.65. The van der Waals surface area contributed by atoms with Gasteiger partial charge in [0.05, 0.1) is 5.92 Å². The van der Waals surface area contributed by atoms with Crippen LogP contribution in [0.1, 0.15) is 5.56 Å². The van der Waals surface area contributed by atoms with E-state index in [1.165, 1.54) is 12.1 Å². The minimum Gasteiger partial charge on any atom is -0.369 e. The lowest BCUT2D eigenvalue weighted by atomic mass is 9.98. The van der Waals surface area contributed by atoms with Gasteiger partial charge in [0, 0.05) is 12.7 Å². The molecule has 0 aliphatic rings. The number of nitrogens with two attached hydrogens (primary N) is 1. The highest BCUT2D eigenvalue weighted by Gasteiger charge is 2.16. The molecule has 0 aliphatic heterocycles. The molecule has 0 bridgehead atoms. The summed E-state index contributed by atoms with van der Waals surface area (Å²) in [6, 6.07) is 11.6. The number of pyridine rings is 1. The quantitative estimate of drug-likeness (QED) is 0.845. The molecule has 1 aromatic heterocycles. The Balaban J connectivity index is 1.97. The van der Waals surface area contributed by atoms with Crippen molar-refractivity contribution in [3.8, 4) is 0 Å². The van der Waals surface area contributed by atoms with Crippen LogP contribution in [0.3, 0.4) is 0 Å². The topological polar surface area (TPSA) is 68.0 Å². The molecule has 0 saturated heterocycles. The summed E-state index contributed by atoms with van der Waals surface area (Å²) in [4.78, 5) is 15.6. The zero-order valence-electron chi connectivity index (χ0n) is 10.9. The second-order valence-corrected chi connectivity index (χ2v) is 4.53. The summed E-state index contributed by atoms with van der Waals surface area (Å²) in [5, 5.41) is 3.07. The minimum atomic E-state index is -0.391. The number of nitrogens with one attached hydrogen (secondary N) is 1. The molecule has 1 amide bonds. The molecule has 104 valence electrons. The number of hydrogen-bond acceptors (Lipinski definition) is 3. The summed E-state index contributed by atoms with van der Waals surface area (Å²) >= 11 is 0. The van der Waals surface area contributed by atoms with Crippen LogP contribution < -0.4 is 11.1 Å². The van der Waals surface area contributed by atoms with Gasteiger partial charge in [0.2, 0.25) is 5.91 Å². The first-order valence-corrected chi connectivity index (χ1v) is 6.34. The monoisotopic (exact) mass is 273 g/mol. The third-order valence-electron chi connectivity index (χ3n) is 2.99. The molecule has 2 rings (SSSR count). The summed E-state index contributed by atoms with van der Waals surface area (Å²) in [5.41, 5.74) is 6.28. The molecular formula is C15H16FN3O. The number of carbonyl (C=O) groups excluding carboxylic acids is 1. The average Bonchev–Trinajstić information content (AvgIpc) is 2.46. The number of nitrogens with zero attached hydrogens (tertiary/aromatic N) is 1. The molecule has 0 aliphatic carbocycles. The van der Waals surface area contributed by atoms with E-state index in [9.17, 15) is 9.18 Å². The first kappa shape index (κ1) is 14.0. The number of primary amides is 1. The van der Waals surface area contributed by atoms with Gasteiger partial charge < -0.3 is 11.1 Å². The van der Waals surface area contributed by atoms with E-state index in [4.69, 9.17) is 5.73 Å². The maximum Gasteiger partial charge on any atom is 0.222 e. The number of benzene rings is 1. The molecular weight excluding hydrogens is 257 g/mol. The van der Waals surface area contributed by atoms with Crippen molar-refractivity contribution in [2.45, 2.75) is 6.42 Å². The first-order valence-electron chi connectivity index (χ1n) is 6.34. The molecule has 1 heterocycles. The third kappa shape index (κ3) is 4.05. The highest BCUT2D eigenvalue weighted by atomic mass is 19.1. The van der Waals surface area contributed by atoms with E-state index in [0.29, 0.717) is 18.8 Å². The SMILES string of the molecule is NC(=O)C(CNc1ccccn1)Cc1ccc(F)cc1. The summed E-state index contributed by atoms with van der Waals surface area (Å²) in [7, 11) is 0. The van der Waals surface area contributed by atoms with Crippen molar-refractivity contribution >= 4 is 11.7 Å². The van der Waals surface area contributed by atoms with E-state index in [1.54, 1.807) is 18.3 Å². The zero-order valence-corrected chi connectivity index (χ0v) is 10.9. The van der Waals surface area contributed by atoms with Gasteiger partial charge in [-0.05, 0) is 36.2 Å². The van der Waals surface area contributed by atoms with Crippen LogP contribution in [-0.2, 0) is 11.2 Å². The second kappa shape index (κ2) is 6.65. The van der Waals surface area contributed by atoms with Crippen LogP contribution in [0.2, 0.25) is 0 Å². The fourth-order valence-corrected chi connectivity index (χ4v) is 1.87. The Morgan fingerprint density at radius 2 is 2.00 bits per heavy atom. The summed E-state index contributed by atoms with van der Waals surface area (Å²) in [6.07, 6.45) is 2.14. The lowest BCUT2D eigenvalue weighted by Gasteiger charge is -2.14. The molecule has 20 heavy (non-hydrogen) atoms. The van der Waals surface area contributed by atoms with E-state index in [2.05, 4.69) is 10.3 Å². The maximum absolute atomic E-state index is 12.8. The number of anilines is 1. The van der Waals surface area contributed by atoms with Crippen LogP contribution in [-0.4, -0.2) is 17.4 Å². The standard InChI is InChI=1S/C15H16FN3O/c16-13-6-4-11(5-7-13)9-12(15(17)20)10-19-14-3-1-2-8-18-14/h1-8,12H,9-10H2,(H2,17,20)(H,18,19). The molecule has 0 spiro atoms. The van der Waals surface area contributed by atoms with E-state index in [-0.39, 0.29) is 11.7 Å². The average molecular weight is 273 g/mol. The molecule has 0 saturated carbocycles. The van der Waals surface area contributed by atoms with Gasteiger partial charge in [-0.2, -0.15) is 0 Å². The molecule has 1 aromatic carbocycles. The fourth-order valence-electron chi connectivity index (χ4n) is 1.87. The van der Waals surface area contributed by atoms with Crippen molar-refractivity contribution in [1.82, 2.24) is 4.98 Å². The molecule has 1 unspecified atom stereocenters. The zero-order chi connectivity index (χ0) is 14.4. The first-order chi connectivity index (χ1) is 9.65. The maximum atomic E-state index is 12.8. The lowest BCUT2D eigenvalue weighted by Crippen LogP contribution is -2.31. The van der Waals surface area contributed by atoms with Crippen LogP contribution in [0.15, 0.2) is 48.7 Å². The fraction of sp³-hybridized carbons (Fsp3) is 0.200. The highest BCUT2D eigenvalue weighted by Crippen LogP contribution is 2.11. The van der Waals surface area contributed by atoms with Crippen molar-refractivity contribution < 1.29 is 9.18 Å². The lowest BCUT2D eigenvalue weighted by molar-refractivity contribution is -0.121. The molecule has 4 nitrogen and oxygen atoms in total. The van der Waals surface area contributed by atoms with Gasteiger partial charge in [-0.1, -0.05) is 18.2 Å². The Hall–Kier alpha value is -2.43. The number of hydrogen-bond donors (Lipinski definition) is 2. The van der Waals surface area contributed by atoms with Gasteiger partial charge in [0.1, 0.15) is 11.6 Å². The highest BCUT2D eigenvalue weighted by molar-refractivity contribution is 5.77. The molecule has 5 heteroatoms. The van der Waals surface area contributed by atoms with Crippen molar-refractivity contribution in [3.63, 3.8) is 0 Å². The van der Waals surface area contributed by atoms with Crippen molar-refractivity contribution in [3.05, 3.63) is 60.0 Å². The summed E-state index contributed by atoms with van der Waals surface area (Å²) < 4.78 is 12.8. The van der Waals surface area contributed by atoms with E-state index < -0.39 is 5.91 Å². The molecule has 0 fully saturated rings. The van der Waals surface area contributed by atoms with Gasteiger partial charge in [-0.15, -0.1) is 0 Å². The molecule has 2 aromatic rings. The summed E-state index contributed by atoms with van der Waals surface area (Å²) in [5.74, 6) is -0.367. The Labute approximate surface area is 116 Å². The smallest absolute Gasteiger partial charge is 0.222 e. The van der Waals surface area contributed by atoms with Crippen LogP contribution in [0.5, 0.6) is 0 Å². The van der Waals surface area contributed by atoms with E-state index in [1.807, 2.05) is 18.2 Å². The van der Waals surface area contributed by atoms with Crippen LogP contribution in [0, 0.1) is 11.7 Å². The Bertz CT molecular complexity index is 557. The van der Waals surface area contributed by atoms with Gasteiger partial charge in [0.15, 0.2) is 0 Å². The van der Waals surface area contributed by atoms with Gasteiger partial charge in [0.25, 0.3) is 0 Å². The van der Waals surface area contributed by atoms with E-state index in [0.717, 1.165) is 5.56 Å². The van der Waals surface area contributed by atoms with Crippen molar-refractivity contribution in [2.24, 2.45) is 11.7 Å². The number of amides is 1. The van der Waals surface area contributed by atoms with Gasteiger partial charge in [-0.3, -0.25) is 4.79 Å². The number of aromatic nitrogens is 1. The molecule has 0 radical (unpaired) electrons. The largest absolute Gasteiger partial charge is 0.369 e. The van der Waals surface area contributed by atoms with Crippen LogP contribution >= 0.6 is 0 Å². The van der Waals surface area contributed by atoms with Crippen LogP contribution in [0.4, 0.5) is 10.2 Å². The van der Waals surface area contributed by atoms with E-state index >= 15 is 0 Å². The number of carbonyl (C=O) groups is 1. The number of rotatable bonds is 6. The molecule has 1 atom stereocenters. The number of halogens is 1. The van der Waals surface area contributed by atoms with Crippen LogP contribution in [0.25, 0.3) is 0 Å².